The van der Waals surface area contributed by atoms with Gasteiger partial charge in [-0.3, -0.25) is 4.40 Å². The minimum Gasteiger partial charge on any atom is -0.275 e. The molecule has 0 radical (unpaired) electrons. The van der Waals surface area contributed by atoms with Gasteiger partial charge in [-0.1, -0.05) is 42.8 Å². The first-order valence-electron chi connectivity index (χ1n) is 6.59. The highest BCUT2D eigenvalue weighted by atomic mass is 35.5. The van der Waals surface area contributed by atoms with Crippen molar-refractivity contribution in [1.29, 1.82) is 0 Å². The number of aromatic nitrogens is 4. The van der Waals surface area contributed by atoms with Crippen molar-refractivity contribution in [3.63, 3.8) is 0 Å². The van der Waals surface area contributed by atoms with Gasteiger partial charge in [0.1, 0.15) is 0 Å². The maximum atomic E-state index is 6.15. The molecule has 0 N–H and O–H groups in total. The molecule has 0 aliphatic carbocycles. The quantitative estimate of drug-likeness (QED) is 0.722. The lowest BCUT2D eigenvalue weighted by atomic mass is 10.1. The van der Waals surface area contributed by atoms with Gasteiger partial charge >= 0.3 is 0 Å². The van der Waals surface area contributed by atoms with Crippen LogP contribution in [0.4, 0.5) is 0 Å². The fraction of sp³-hybridized carbons (Fsp3) is 0.267. The van der Waals surface area contributed by atoms with Crippen molar-refractivity contribution in [2.75, 3.05) is 0 Å². The van der Waals surface area contributed by atoms with Gasteiger partial charge in [-0.15, -0.1) is 10.2 Å². The van der Waals surface area contributed by atoms with Crippen molar-refractivity contribution in [2.45, 2.75) is 27.2 Å². The molecule has 0 aliphatic heterocycles. The van der Waals surface area contributed by atoms with Gasteiger partial charge in [0, 0.05) is 11.3 Å². The minimum absolute atomic E-state index is 0.386. The molecule has 102 valence electrons. The molecule has 3 aromatic rings. The van der Waals surface area contributed by atoms with E-state index in [1.54, 1.807) is 0 Å². The predicted molar refractivity (Wildman–Crippen MR) is 80.1 cm³/mol. The molecule has 0 bridgehead atoms. The summed E-state index contributed by atoms with van der Waals surface area (Å²) in [5.41, 5.74) is 4.82. The van der Waals surface area contributed by atoms with Gasteiger partial charge in [0.25, 0.3) is 0 Å². The van der Waals surface area contributed by atoms with Gasteiger partial charge in [-0.25, -0.2) is 4.98 Å². The number of benzene rings is 1. The molecule has 2 aromatic heterocycles. The van der Waals surface area contributed by atoms with E-state index in [1.807, 2.05) is 18.2 Å². The lowest BCUT2D eigenvalue weighted by Gasteiger charge is -2.07. The van der Waals surface area contributed by atoms with E-state index >= 15 is 0 Å². The third-order valence-corrected chi connectivity index (χ3v) is 3.85. The molecule has 0 saturated carbocycles. The summed E-state index contributed by atoms with van der Waals surface area (Å²) >= 11 is 6.15. The van der Waals surface area contributed by atoms with Crippen LogP contribution < -0.4 is 0 Å². The fourth-order valence-electron chi connectivity index (χ4n) is 2.25. The van der Waals surface area contributed by atoms with Crippen molar-refractivity contribution >= 4 is 17.2 Å². The number of rotatable bonds is 2. The van der Waals surface area contributed by atoms with Gasteiger partial charge in [0.2, 0.25) is 0 Å². The highest BCUT2D eigenvalue weighted by Crippen LogP contribution is 2.24. The summed E-state index contributed by atoms with van der Waals surface area (Å²) in [6, 6.07) is 8.36. The zero-order valence-electron chi connectivity index (χ0n) is 11.7. The lowest BCUT2D eigenvalue weighted by Crippen LogP contribution is -2.01. The Bertz CT molecular complexity index is 775. The van der Waals surface area contributed by atoms with E-state index in [2.05, 4.69) is 46.4 Å². The molecule has 2 heterocycles. The molecule has 0 aliphatic rings. The third kappa shape index (κ3) is 1.96. The summed E-state index contributed by atoms with van der Waals surface area (Å²) < 4.78 is 1.96. The molecule has 0 spiro atoms. The Morgan fingerprint density at radius 1 is 1.10 bits per heavy atom. The molecule has 4 nitrogen and oxygen atoms in total. The van der Waals surface area contributed by atoms with Crippen LogP contribution in [-0.4, -0.2) is 19.6 Å². The van der Waals surface area contributed by atoms with Gasteiger partial charge in [0.15, 0.2) is 16.6 Å². The van der Waals surface area contributed by atoms with E-state index in [-0.39, 0.29) is 0 Å². The van der Waals surface area contributed by atoms with E-state index in [9.17, 15) is 0 Å². The zero-order chi connectivity index (χ0) is 14.3. The second-order valence-corrected chi connectivity index (χ2v) is 5.16. The molecule has 0 fully saturated rings. The standard InChI is InChI=1S/C15H15ClN4/c1-4-11-5-7-12(8-6-11)14-18-19-15-13(16)17-9(2)10(3)20(14)15/h5-8H,4H2,1-3H3. The second-order valence-electron chi connectivity index (χ2n) is 4.81. The van der Waals surface area contributed by atoms with E-state index in [1.165, 1.54) is 5.56 Å². The van der Waals surface area contributed by atoms with Crippen LogP contribution >= 0.6 is 11.6 Å². The third-order valence-electron chi connectivity index (χ3n) is 3.59. The lowest BCUT2D eigenvalue weighted by molar-refractivity contribution is 0.999. The molecule has 0 saturated heterocycles. The van der Waals surface area contributed by atoms with Crippen LogP contribution in [0.25, 0.3) is 17.0 Å². The number of hydrogen-bond donors (Lipinski definition) is 0. The highest BCUT2D eigenvalue weighted by Gasteiger charge is 2.15. The van der Waals surface area contributed by atoms with Gasteiger partial charge < -0.3 is 0 Å². The molecule has 1 aromatic carbocycles. The largest absolute Gasteiger partial charge is 0.275 e. The Morgan fingerprint density at radius 2 is 1.80 bits per heavy atom. The summed E-state index contributed by atoms with van der Waals surface area (Å²) in [5, 5.41) is 8.82. The summed E-state index contributed by atoms with van der Waals surface area (Å²) in [7, 11) is 0. The highest BCUT2D eigenvalue weighted by molar-refractivity contribution is 6.32. The number of aryl methyl sites for hydroxylation is 3. The van der Waals surface area contributed by atoms with E-state index in [0.717, 1.165) is 29.2 Å². The van der Waals surface area contributed by atoms with Crippen LogP contribution in [0.15, 0.2) is 24.3 Å². The maximum absolute atomic E-state index is 6.15. The molecule has 5 heteroatoms. The maximum Gasteiger partial charge on any atom is 0.199 e. The van der Waals surface area contributed by atoms with Crippen LogP contribution in [0.1, 0.15) is 23.9 Å². The molecule has 20 heavy (non-hydrogen) atoms. The van der Waals surface area contributed by atoms with E-state index in [0.29, 0.717) is 10.8 Å². The summed E-state index contributed by atoms with van der Waals surface area (Å²) in [6.07, 6.45) is 1.02. The van der Waals surface area contributed by atoms with Crippen molar-refractivity contribution in [3.05, 3.63) is 46.4 Å². The van der Waals surface area contributed by atoms with Gasteiger partial charge in [-0.2, -0.15) is 0 Å². The average Bonchev–Trinajstić information content (AvgIpc) is 2.90. The first-order chi connectivity index (χ1) is 9.61. The Hall–Kier alpha value is -1.94. The van der Waals surface area contributed by atoms with E-state index < -0.39 is 0 Å². The first kappa shape index (κ1) is 13.1. The van der Waals surface area contributed by atoms with Crippen molar-refractivity contribution < 1.29 is 0 Å². The van der Waals surface area contributed by atoms with Gasteiger partial charge in [-0.05, 0) is 25.8 Å². The number of nitrogens with zero attached hydrogens (tertiary/aromatic N) is 4. The predicted octanol–water partition coefficient (Wildman–Crippen LogP) is 3.62. The second kappa shape index (κ2) is 4.87. The Morgan fingerprint density at radius 3 is 2.45 bits per heavy atom. The monoisotopic (exact) mass is 286 g/mol. The molecular weight excluding hydrogens is 272 g/mol. The molecular formula is C15H15ClN4. The van der Waals surface area contributed by atoms with Crippen LogP contribution in [0.5, 0.6) is 0 Å². The van der Waals surface area contributed by atoms with Crippen LogP contribution in [0.3, 0.4) is 0 Å². The normalized spacial score (nSPS) is 11.2. The fourth-order valence-corrected chi connectivity index (χ4v) is 2.50. The van der Waals surface area contributed by atoms with Crippen molar-refractivity contribution in [1.82, 2.24) is 19.6 Å². The number of halogens is 1. The molecule has 0 unspecified atom stereocenters. The SMILES string of the molecule is CCc1ccc(-c2nnc3c(Cl)nc(C)c(C)n23)cc1. The Balaban J connectivity index is 2.26. The average molecular weight is 287 g/mol. The topological polar surface area (TPSA) is 43.1 Å². The van der Waals surface area contributed by atoms with Crippen LogP contribution in [0, 0.1) is 13.8 Å². The first-order valence-corrected chi connectivity index (χ1v) is 6.96. The van der Waals surface area contributed by atoms with Crippen molar-refractivity contribution in [3.8, 4) is 11.4 Å². The van der Waals surface area contributed by atoms with Crippen LogP contribution in [0.2, 0.25) is 5.15 Å². The zero-order valence-corrected chi connectivity index (χ0v) is 12.4. The Labute approximate surface area is 122 Å². The molecule has 0 atom stereocenters. The summed E-state index contributed by atoms with van der Waals surface area (Å²) in [5.74, 6) is 0.799. The Kier molecular flexibility index (Phi) is 3.18. The van der Waals surface area contributed by atoms with Crippen LogP contribution in [-0.2, 0) is 6.42 Å². The van der Waals surface area contributed by atoms with E-state index in [4.69, 9.17) is 11.6 Å². The summed E-state index contributed by atoms with van der Waals surface area (Å²) in [6.45, 7) is 6.07. The number of fused-ring (bicyclic) bond motifs is 1. The molecule has 3 rings (SSSR count). The molecule has 0 amide bonds. The smallest absolute Gasteiger partial charge is 0.199 e. The summed E-state index contributed by atoms with van der Waals surface area (Å²) in [4.78, 5) is 4.28. The van der Waals surface area contributed by atoms with Gasteiger partial charge in [0.05, 0.1) is 5.69 Å². The minimum atomic E-state index is 0.386. The number of hydrogen-bond acceptors (Lipinski definition) is 3. The van der Waals surface area contributed by atoms with Crippen molar-refractivity contribution in [2.24, 2.45) is 0 Å².